The van der Waals surface area contributed by atoms with Crippen LogP contribution in [0, 0.1) is 0 Å². The molecule has 0 radical (unpaired) electrons. The van der Waals surface area contributed by atoms with Gasteiger partial charge in [0.1, 0.15) is 0 Å². The smallest absolute Gasteiger partial charge is 0.0536 e. The van der Waals surface area contributed by atoms with Gasteiger partial charge < -0.3 is 5.32 Å². The molecule has 3 rings (SSSR count). The molecule has 1 unspecified atom stereocenters. The van der Waals surface area contributed by atoms with E-state index in [4.69, 9.17) is 0 Å². The molecule has 1 aliphatic rings. The Balaban J connectivity index is 1.67. The number of nitrogens with one attached hydrogen (secondary N) is 1. The van der Waals surface area contributed by atoms with Crippen LogP contribution in [-0.2, 0) is 6.54 Å². The summed E-state index contributed by atoms with van der Waals surface area (Å²) in [7, 11) is 0. The van der Waals surface area contributed by atoms with Crippen molar-refractivity contribution in [3.63, 3.8) is 0 Å². The Labute approximate surface area is 114 Å². The summed E-state index contributed by atoms with van der Waals surface area (Å²) in [6, 6.07) is 13.2. The van der Waals surface area contributed by atoms with E-state index in [2.05, 4.69) is 45.6 Å². The molecule has 0 saturated carbocycles. The number of nitrogens with zero attached hydrogens (tertiary/aromatic N) is 3. The molecule has 0 bridgehead atoms. The number of hydrogen-bond donors (Lipinski definition) is 1. The molecular weight excluding hydrogens is 236 g/mol. The average molecular weight is 256 g/mol. The lowest BCUT2D eigenvalue weighted by atomic mass is 10.0. The highest BCUT2D eigenvalue weighted by Crippen LogP contribution is 2.21. The van der Waals surface area contributed by atoms with Crippen LogP contribution in [0.1, 0.15) is 11.6 Å². The first kappa shape index (κ1) is 12.4. The Bertz CT molecular complexity index is 480. The number of benzene rings is 1. The predicted octanol–water partition coefficient (Wildman–Crippen LogP) is 1.53. The fraction of sp³-hybridized carbons (Fsp3) is 0.400. The second kappa shape index (κ2) is 5.99. The minimum absolute atomic E-state index is 0.477. The summed E-state index contributed by atoms with van der Waals surface area (Å²) in [6.07, 6.45) is 3.87. The van der Waals surface area contributed by atoms with Crippen LogP contribution < -0.4 is 5.32 Å². The molecule has 19 heavy (non-hydrogen) atoms. The van der Waals surface area contributed by atoms with Crippen LogP contribution in [0.25, 0.3) is 0 Å². The SMILES string of the molecule is c1ccc(C2CNCCN2CCn2cccn2)cc1. The van der Waals surface area contributed by atoms with Crippen LogP contribution in [0.2, 0.25) is 0 Å². The van der Waals surface area contributed by atoms with Crippen molar-refractivity contribution in [2.24, 2.45) is 0 Å². The number of hydrogen-bond acceptors (Lipinski definition) is 3. The number of aromatic nitrogens is 2. The van der Waals surface area contributed by atoms with Crippen molar-refractivity contribution in [3.05, 3.63) is 54.4 Å². The molecule has 1 aliphatic heterocycles. The summed E-state index contributed by atoms with van der Waals surface area (Å²) >= 11 is 0. The zero-order valence-corrected chi connectivity index (χ0v) is 11.1. The second-order valence-electron chi connectivity index (χ2n) is 4.94. The van der Waals surface area contributed by atoms with Crippen molar-refractivity contribution >= 4 is 0 Å². The maximum Gasteiger partial charge on any atom is 0.0536 e. The molecule has 0 amide bonds. The third kappa shape index (κ3) is 3.03. The van der Waals surface area contributed by atoms with Crippen molar-refractivity contribution in [3.8, 4) is 0 Å². The molecule has 0 aliphatic carbocycles. The van der Waals surface area contributed by atoms with E-state index in [-0.39, 0.29) is 0 Å². The normalized spacial score (nSPS) is 20.5. The van der Waals surface area contributed by atoms with Gasteiger partial charge in [-0.2, -0.15) is 5.10 Å². The monoisotopic (exact) mass is 256 g/mol. The molecule has 100 valence electrons. The van der Waals surface area contributed by atoms with E-state index in [1.54, 1.807) is 0 Å². The third-order valence-electron chi connectivity index (χ3n) is 3.71. The Morgan fingerprint density at radius 1 is 1.16 bits per heavy atom. The van der Waals surface area contributed by atoms with Gasteiger partial charge in [0.25, 0.3) is 0 Å². The van der Waals surface area contributed by atoms with Crippen LogP contribution >= 0.6 is 0 Å². The highest BCUT2D eigenvalue weighted by Gasteiger charge is 2.22. The molecule has 1 aromatic heterocycles. The van der Waals surface area contributed by atoms with Gasteiger partial charge in [-0.25, -0.2) is 0 Å². The second-order valence-corrected chi connectivity index (χ2v) is 4.94. The van der Waals surface area contributed by atoms with E-state index >= 15 is 0 Å². The molecule has 1 aromatic carbocycles. The first-order valence-electron chi connectivity index (χ1n) is 6.90. The summed E-state index contributed by atoms with van der Waals surface area (Å²) in [5, 5.41) is 7.77. The number of rotatable bonds is 4. The van der Waals surface area contributed by atoms with Gasteiger partial charge in [0.2, 0.25) is 0 Å². The largest absolute Gasteiger partial charge is 0.314 e. The summed E-state index contributed by atoms with van der Waals surface area (Å²) in [5.41, 5.74) is 1.40. The summed E-state index contributed by atoms with van der Waals surface area (Å²) in [6.45, 7) is 5.20. The maximum absolute atomic E-state index is 4.27. The minimum Gasteiger partial charge on any atom is -0.314 e. The van der Waals surface area contributed by atoms with Gasteiger partial charge in [0, 0.05) is 44.6 Å². The summed E-state index contributed by atoms with van der Waals surface area (Å²) < 4.78 is 2.00. The molecule has 1 N–H and O–H groups in total. The van der Waals surface area contributed by atoms with E-state index in [1.165, 1.54) is 5.56 Å². The molecule has 2 aromatic rings. The zero-order chi connectivity index (χ0) is 12.9. The molecule has 4 heteroatoms. The summed E-state index contributed by atoms with van der Waals surface area (Å²) in [4.78, 5) is 2.55. The Morgan fingerprint density at radius 2 is 2.05 bits per heavy atom. The van der Waals surface area contributed by atoms with Gasteiger partial charge >= 0.3 is 0 Å². The van der Waals surface area contributed by atoms with Crippen molar-refractivity contribution in [1.82, 2.24) is 20.0 Å². The van der Waals surface area contributed by atoms with Gasteiger partial charge in [-0.05, 0) is 11.6 Å². The van der Waals surface area contributed by atoms with Gasteiger partial charge in [0.05, 0.1) is 6.54 Å². The maximum atomic E-state index is 4.27. The lowest BCUT2D eigenvalue weighted by molar-refractivity contribution is 0.154. The lowest BCUT2D eigenvalue weighted by Crippen LogP contribution is -2.47. The van der Waals surface area contributed by atoms with Crippen molar-refractivity contribution in [1.29, 1.82) is 0 Å². The fourth-order valence-corrected chi connectivity index (χ4v) is 2.68. The van der Waals surface area contributed by atoms with E-state index in [0.29, 0.717) is 6.04 Å². The average Bonchev–Trinajstić information content (AvgIpc) is 3.00. The van der Waals surface area contributed by atoms with Crippen molar-refractivity contribution < 1.29 is 0 Å². The lowest BCUT2D eigenvalue weighted by Gasteiger charge is -2.36. The Morgan fingerprint density at radius 3 is 2.84 bits per heavy atom. The van der Waals surface area contributed by atoms with Crippen LogP contribution in [-0.4, -0.2) is 40.9 Å². The fourth-order valence-electron chi connectivity index (χ4n) is 2.68. The van der Waals surface area contributed by atoms with Crippen LogP contribution in [0.3, 0.4) is 0 Å². The van der Waals surface area contributed by atoms with Crippen molar-refractivity contribution in [2.45, 2.75) is 12.6 Å². The van der Waals surface area contributed by atoms with Crippen LogP contribution in [0.4, 0.5) is 0 Å². The van der Waals surface area contributed by atoms with E-state index in [1.807, 2.05) is 23.1 Å². The highest BCUT2D eigenvalue weighted by atomic mass is 15.3. The van der Waals surface area contributed by atoms with Gasteiger partial charge in [0.15, 0.2) is 0 Å². The molecule has 1 saturated heterocycles. The van der Waals surface area contributed by atoms with Crippen LogP contribution in [0.15, 0.2) is 48.8 Å². The van der Waals surface area contributed by atoms with E-state index in [0.717, 1.165) is 32.7 Å². The molecular formula is C15H20N4. The molecule has 0 spiro atoms. The topological polar surface area (TPSA) is 33.1 Å². The Hall–Kier alpha value is -1.65. The van der Waals surface area contributed by atoms with Gasteiger partial charge in [-0.1, -0.05) is 30.3 Å². The molecule has 1 atom stereocenters. The quantitative estimate of drug-likeness (QED) is 0.900. The van der Waals surface area contributed by atoms with Crippen LogP contribution in [0.5, 0.6) is 0 Å². The van der Waals surface area contributed by atoms with Gasteiger partial charge in [-0.15, -0.1) is 0 Å². The minimum atomic E-state index is 0.477. The van der Waals surface area contributed by atoms with E-state index in [9.17, 15) is 0 Å². The van der Waals surface area contributed by atoms with Crippen molar-refractivity contribution in [2.75, 3.05) is 26.2 Å². The highest BCUT2D eigenvalue weighted by molar-refractivity contribution is 5.20. The molecule has 1 fully saturated rings. The molecule has 4 nitrogen and oxygen atoms in total. The third-order valence-corrected chi connectivity index (χ3v) is 3.71. The van der Waals surface area contributed by atoms with Gasteiger partial charge in [-0.3, -0.25) is 9.58 Å². The first-order chi connectivity index (χ1) is 9.43. The number of piperazine rings is 1. The summed E-state index contributed by atoms with van der Waals surface area (Å²) in [5.74, 6) is 0. The zero-order valence-electron chi connectivity index (χ0n) is 11.1. The molecule has 2 heterocycles. The predicted molar refractivity (Wildman–Crippen MR) is 75.9 cm³/mol. The van der Waals surface area contributed by atoms with E-state index < -0.39 is 0 Å². The first-order valence-corrected chi connectivity index (χ1v) is 6.90. The standard InChI is InChI=1S/C15H20N4/c1-2-5-14(6-3-1)15-13-16-8-10-18(15)11-12-19-9-4-7-17-19/h1-7,9,15-16H,8,10-13H2. The Kier molecular flexibility index (Phi) is 3.91.